The number of amides is 1. The minimum atomic E-state index is -0.309. The molecule has 1 aromatic heterocycles. The normalized spacial score (nSPS) is 15.5. The Hall–Kier alpha value is -2.34. The van der Waals surface area contributed by atoms with Gasteiger partial charge in [0.15, 0.2) is 6.61 Å². The van der Waals surface area contributed by atoms with Crippen LogP contribution in [0.1, 0.15) is 17.3 Å². The molecular weight excluding hydrogens is 232 g/mol. The second-order valence-electron chi connectivity index (χ2n) is 4.08. The highest BCUT2D eigenvalue weighted by atomic mass is 16.5. The molecule has 6 nitrogen and oxygen atoms in total. The largest absolute Gasteiger partial charge is 0.482 e. The van der Waals surface area contributed by atoms with Crippen LogP contribution in [0.15, 0.2) is 30.5 Å². The first kappa shape index (κ1) is 10.8. The third kappa shape index (κ3) is 1.82. The number of hydrogen-bond donors (Lipinski definition) is 3. The minimum absolute atomic E-state index is 0.0545. The molecule has 1 unspecified atom stereocenters. The Morgan fingerprint density at radius 2 is 2.28 bits per heavy atom. The fourth-order valence-corrected chi connectivity index (χ4v) is 1.91. The number of aromatic nitrogens is 2. The highest BCUT2D eigenvalue weighted by Gasteiger charge is 2.18. The lowest BCUT2D eigenvalue weighted by atomic mass is 10.0. The summed E-state index contributed by atoms with van der Waals surface area (Å²) < 4.78 is 5.29. The van der Waals surface area contributed by atoms with Crippen molar-refractivity contribution in [1.82, 2.24) is 10.2 Å². The van der Waals surface area contributed by atoms with Crippen LogP contribution in [0.25, 0.3) is 0 Å². The number of nitrogens with two attached hydrogens (primary N) is 1. The van der Waals surface area contributed by atoms with E-state index in [1.54, 1.807) is 12.3 Å². The Bertz CT molecular complexity index is 580. The Morgan fingerprint density at radius 3 is 3.06 bits per heavy atom. The predicted octanol–water partition coefficient (Wildman–Crippen LogP) is 0.789. The first-order valence-electron chi connectivity index (χ1n) is 5.55. The Kier molecular flexibility index (Phi) is 2.49. The van der Waals surface area contributed by atoms with Gasteiger partial charge in [0.25, 0.3) is 5.91 Å². The first-order valence-corrected chi connectivity index (χ1v) is 5.55. The fourth-order valence-electron chi connectivity index (χ4n) is 1.91. The van der Waals surface area contributed by atoms with Crippen LogP contribution in [-0.2, 0) is 4.79 Å². The lowest BCUT2D eigenvalue weighted by Crippen LogP contribution is -2.25. The zero-order valence-corrected chi connectivity index (χ0v) is 9.51. The molecule has 92 valence electrons. The van der Waals surface area contributed by atoms with Gasteiger partial charge in [0.1, 0.15) is 5.75 Å². The quantitative estimate of drug-likeness (QED) is 0.728. The van der Waals surface area contributed by atoms with E-state index in [0.29, 0.717) is 11.4 Å². The van der Waals surface area contributed by atoms with Crippen molar-refractivity contribution in [3.63, 3.8) is 0 Å². The summed E-state index contributed by atoms with van der Waals surface area (Å²) in [7, 11) is 0. The minimum Gasteiger partial charge on any atom is -0.482 e. The average molecular weight is 244 g/mol. The fraction of sp³-hybridized carbons (Fsp3) is 0.167. The molecule has 3 rings (SSSR count). The van der Waals surface area contributed by atoms with Crippen LogP contribution in [0.3, 0.4) is 0 Å². The van der Waals surface area contributed by atoms with E-state index in [2.05, 4.69) is 15.5 Å². The number of fused-ring (bicyclic) bond motifs is 1. The molecule has 4 N–H and O–H groups in total. The number of aromatic amines is 1. The molecule has 0 spiro atoms. The van der Waals surface area contributed by atoms with Crippen LogP contribution in [0.4, 0.5) is 5.69 Å². The molecular formula is C12H12N4O2. The van der Waals surface area contributed by atoms with Gasteiger partial charge >= 0.3 is 0 Å². The predicted molar refractivity (Wildman–Crippen MR) is 65.2 cm³/mol. The third-order valence-corrected chi connectivity index (χ3v) is 2.85. The third-order valence-electron chi connectivity index (χ3n) is 2.85. The number of hydrogen-bond acceptors (Lipinski definition) is 4. The summed E-state index contributed by atoms with van der Waals surface area (Å²) in [6, 6.07) is 7.01. The number of anilines is 1. The second-order valence-corrected chi connectivity index (χ2v) is 4.08. The molecule has 1 aliphatic rings. The Morgan fingerprint density at radius 1 is 1.39 bits per heavy atom. The van der Waals surface area contributed by atoms with E-state index in [-0.39, 0.29) is 18.6 Å². The van der Waals surface area contributed by atoms with Crippen LogP contribution in [-0.4, -0.2) is 22.7 Å². The lowest BCUT2D eigenvalue weighted by Gasteiger charge is -2.20. The van der Waals surface area contributed by atoms with E-state index in [1.165, 1.54) is 0 Å². The van der Waals surface area contributed by atoms with E-state index < -0.39 is 0 Å². The zero-order valence-electron chi connectivity index (χ0n) is 9.51. The van der Waals surface area contributed by atoms with Crippen molar-refractivity contribution in [1.29, 1.82) is 0 Å². The number of rotatable bonds is 2. The van der Waals surface area contributed by atoms with E-state index in [0.717, 1.165) is 11.3 Å². The van der Waals surface area contributed by atoms with Gasteiger partial charge < -0.3 is 15.8 Å². The van der Waals surface area contributed by atoms with Crippen molar-refractivity contribution < 1.29 is 9.53 Å². The number of carbonyl (C=O) groups excluding carboxylic acids is 1. The summed E-state index contributed by atoms with van der Waals surface area (Å²) in [6.45, 7) is 0.0545. The van der Waals surface area contributed by atoms with Crippen molar-refractivity contribution >= 4 is 11.6 Å². The smallest absolute Gasteiger partial charge is 0.262 e. The Balaban J connectivity index is 1.94. The number of benzene rings is 1. The highest BCUT2D eigenvalue weighted by molar-refractivity contribution is 5.95. The molecule has 1 aliphatic heterocycles. The monoisotopic (exact) mass is 244 g/mol. The summed E-state index contributed by atoms with van der Waals surface area (Å²) in [6.07, 6.45) is 1.65. The van der Waals surface area contributed by atoms with Gasteiger partial charge in [-0.1, -0.05) is 6.07 Å². The molecule has 1 amide bonds. The van der Waals surface area contributed by atoms with E-state index in [1.807, 2.05) is 18.2 Å². The van der Waals surface area contributed by atoms with Crippen LogP contribution >= 0.6 is 0 Å². The number of nitrogens with one attached hydrogen (secondary N) is 2. The number of ether oxygens (including phenoxy) is 1. The van der Waals surface area contributed by atoms with Crippen LogP contribution in [0, 0.1) is 0 Å². The van der Waals surface area contributed by atoms with Gasteiger partial charge in [0.2, 0.25) is 0 Å². The second kappa shape index (κ2) is 4.15. The van der Waals surface area contributed by atoms with E-state index in [9.17, 15) is 4.79 Å². The summed E-state index contributed by atoms with van der Waals surface area (Å²) in [5.74, 6) is 0.505. The molecule has 0 saturated heterocycles. The van der Waals surface area contributed by atoms with Crippen LogP contribution in [0.2, 0.25) is 0 Å². The van der Waals surface area contributed by atoms with Crippen molar-refractivity contribution in [2.24, 2.45) is 5.73 Å². The number of H-pyrrole nitrogens is 1. The standard InChI is InChI=1S/C12H12N4O2/c13-12(8-3-4-14-16-8)7-1-2-10-9(5-7)15-11(17)6-18-10/h1-5,12H,6,13H2,(H,14,16)(H,15,17). The van der Waals surface area contributed by atoms with E-state index >= 15 is 0 Å². The first-order chi connectivity index (χ1) is 8.74. The van der Waals surface area contributed by atoms with E-state index in [4.69, 9.17) is 10.5 Å². The molecule has 1 atom stereocenters. The maximum absolute atomic E-state index is 11.3. The Labute approximate surface area is 103 Å². The van der Waals surface area contributed by atoms with Gasteiger partial charge in [-0.25, -0.2) is 0 Å². The van der Waals surface area contributed by atoms with Gasteiger partial charge in [-0.3, -0.25) is 9.89 Å². The SMILES string of the molecule is NC(c1ccc2c(c1)NC(=O)CO2)c1ccn[nH]1. The molecule has 0 bridgehead atoms. The highest BCUT2D eigenvalue weighted by Crippen LogP contribution is 2.31. The van der Waals surface area contributed by atoms with Crippen LogP contribution < -0.4 is 15.8 Å². The van der Waals surface area contributed by atoms with Crippen molar-refractivity contribution in [3.8, 4) is 5.75 Å². The van der Waals surface area contributed by atoms with Crippen LogP contribution in [0.5, 0.6) is 5.75 Å². The maximum Gasteiger partial charge on any atom is 0.262 e. The molecule has 0 saturated carbocycles. The number of carbonyl (C=O) groups is 1. The van der Waals surface area contributed by atoms with Gasteiger partial charge in [0, 0.05) is 6.20 Å². The number of nitrogens with zero attached hydrogens (tertiary/aromatic N) is 1. The van der Waals surface area contributed by atoms with Gasteiger partial charge in [-0.2, -0.15) is 5.10 Å². The van der Waals surface area contributed by atoms with Gasteiger partial charge in [-0.15, -0.1) is 0 Å². The molecule has 0 aliphatic carbocycles. The summed E-state index contributed by atoms with van der Waals surface area (Å²) in [5.41, 5.74) is 8.45. The van der Waals surface area contributed by atoms with Gasteiger partial charge in [-0.05, 0) is 23.8 Å². The average Bonchev–Trinajstić information content (AvgIpc) is 2.90. The molecule has 1 aromatic carbocycles. The van der Waals surface area contributed by atoms with Gasteiger partial charge in [0.05, 0.1) is 17.4 Å². The zero-order chi connectivity index (χ0) is 12.5. The topological polar surface area (TPSA) is 93.0 Å². The molecule has 2 aromatic rings. The molecule has 0 fully saturated rings. The van der Waals surface area contributed by atoms with Crippen molar-refractivity contribution in [3.05, 3.63) is 41.7 Å². The molecule has 18 heavy (non-hydrogen) atoms. The molecule has 6 heteroatoms. The molecule has 0 radical (unpaired) electrons. The maximum atomic E-state index is 11.3. The summed E-state index contributed by atoms with van der Waals surface area (Å²) in [5, 5.41) is 9.45. The van der Waals surface area contributed by atoms with Crippen molar-refractivity contribution in [2.75, 3.05) is 11.9 Å². The summed E-state index contributed by atoms with van der Waals surface area (Å²) >= 11 is 0. The summed E-state index contributed by atoms with van der Waals surface area (Å²) in [4.78, 5) is 11.3. The van der Waals surface area contributed by atoms with Crippen molar-refractivity contribution in [2.45, 2.75) is 6.04 Å². The molecule has 2 heterocycles. The lowest BCUT2D eigenvalue weighted by molar-refractivity contribution is -0.118.